The number of hydrogen-bond donors (Lipinski definition) is 0. The standard InChI is InChI=1S/C9H9ClN2/c1-9(2,6-11)7-3-4-12-8(10)5-7/h3-5H,1-2H3. The van der Waals surface area contributed by atoms with Gasteiger partial charge in [0, 0.05) is 6.20 Å². The molecular formula is C9H9ClN2. The molecule has 0 aromatic carbocycles. The molecule has 0 atom stereocenters. The second-order valence-corrected chi connectivity index (χ2v) is 3.49. The lowest BCUT2D eigenvalue weighted by atomic mass is 9.87. The van der Waals surface area contributed by atoms with Crippen LogP contribution < -0.4 is 0 Å². The first-order valence-electron chi connectivity index (χ1n) is 3.59. The summed E-state index contributed by atoms with van der Waals surface area (Å²) < 4.78 is 0. The zero-order valence-electron chi connectivity index (χ0n) is 7.00. The minimum Gasteiger partial charge on any atom is -0.245 e. The monoisotopic (exact) mass is 180 g/mol. The third kappa shape index (κ3) is 1.75. The Morgan fingerprint density at radius 3 is 2.75 bits per heavy atom. The van der Waals surface area contributed by atoms with Gasteiger partial charge >= 0.3 is 0 Å². The molecule has 12 heavy (non-hydrogen) atoms. The van der Waals surface area contributed by atoms with Crippen LogP contribution in [0.5, 0.6) is 0 Å². The fraction of sp³-hybridized carbons (Fsp3) is 0.333. The van der Waals surface area contributed by atoms with Gasteiger partial charge in [-0.1, -0.05) is 11.6 Å². The molecule has 1 rings (SSSR count). The molecule has 1 heterocycles. The number of nitrogens with zero attached hydrogens (tertiary/aromatic N) is 2. The first-order chi connectivity index (χ1) is 5.56. The second-order valence-electron chi connectivity index (χ2n) is 3.10. The average molecular weight is 181 g/mol. The van der Waals surface area contributed by atoms with Gasteiger partial charge in [0.2, 0.25) is 0 Å². The fourth-order valence-corrected chi connectivity index (χ4v) is 1.03. The maximum atomic E-state index is 8.82. The van der Waals surface area contributed by atoms with E-state index in [9.17, 15) is 0 Å². The summed E-state index contributed by atoms with van der Waals surface area (Å²) in [6.45, 7) is 3.69. The van der Waals surface area contributed by atoms with Crippen molar-refractivity contribution in [3.05, 3.63) is 29.0 Å². The maximum absolute atomic E-state index is 8.82. The van der Waals surface area contributed by atoms with E-state index in [1.54, 1.807) is 18.3 Å². The molecule has 0 radical (unpaired) electrons. The molecule has 0 saturated carbocycles. The molecule has 0 aliphatic carbocycles. The van der Waals surface area contributed by atoms with E-state index in [0.717, 1.165) is 5.56 Å². The summed E-state index contributed by atoms with van der Waals surface area (Å²) in [6.07, 6.45) is 1.61. The summed E-state index contributed by atoms with van der Waals surface area (Å²) in [7, 11) is 0. The molecule has 0 unspecified atom stereocenters. The van der Waals surface area contributed by atoms with Crippen LogP contribution in [0.2, 0.25) is 5.15 Å². The molecule has 1 aromatic rings. The average Bonchev–Trinajstić information content (AvgIpc) is 2.05. The van der Waals surface area contributed by atoms with Crippen LogP contribution in [0.15, 0.2) is 18.3 Å². The van der Waals surface area contributed by atoms with Crippen molar-refractivity contribution >= 4 is 11.6 Å². The molecule has 2 nitrogen and oxygen atoms in total. The molecule has 0 saturated heterocycles. The van der Waals surface area contributed by atoms with Crippen molar-refractivity contribution in [3.8, 4) is 6.07 Å². The molecule has 0 N–H and O–H groups in total. The van der Waals surface area contributed by atoms with E-state index >= 15 is 0 Å². The van der Waals surface area contributed by atoms with Crippen LogP contribution in [0.1, 0.15) is 19.4 Å². The third-order valence-electron chi connectivity index (χ3n) is 1.73. The van der Waals surface area contributed by atoms with Crippen LogP contribution in [0.3, 0.4) is 0 Å². The molecule has 0 aliphatic rings. The topological polar surface area (TPSA) is 36.7 Å². The van der Waals surface area contributed by atoms with Gasteiger partial charge in [-0.2, -0.15) is 5.26 Å². The van der Waals surface area contributed by atoms with Crippen LogP contribution in [0.4, 0.5) is 0 Å². The molecule has 0 aliphatic heterocycles. The van der Waals surface area contributed by atoms with Crippen LogP contribution in [0.25, 0.3) is 0 Å². The Kier molecular flexibility index (Phi) is 2.35. The summed E-state index contributed by atoms with van der Waals surface area (Å²) >= 11 is 5.69. The summed E-state index contributed by atoms with van der Waals surface area (Å²) in [5.74, 6) is 0. The highest BCUT2D eigenvalue weighted by Gasteiger charge is 2.19. The Hall–Kier alpha value is -1.07. The van der Waals surface area contributed by atoms with Crippen molar-refractivity contribution in [2.45, 2.75) is 19.3 Å². The van der Waals surface area contributed by atoms with Gasteiger partial charge in [-0.25, -0.2) is 4.98 Å². The smallest absolute Gasteiger partial charge is 0.129 e. The Morgan fingerprint density at radius 2 is 2.25 bits per heavy atom. The SMILES string of the molecule is CC(C)(C#N)c1ccnc(Cl)c1. The first-order valence-corrected chi connectivity index (χ1v) is 3.97. The fourth-order valence-electron chi connectivity index (χ4n) is 0.856. The van der Waals surface area contributed by atoms with Crippen molar-refractivity contribution in [2.75, 3.05) is 0 Å². The second kappa shape index (κ2) is 3.12. The number of nitriles is 1. The van der Waals surface area contributed by atoms with Crippen molar-refractivity contribution in [3.63, 3.8) is 0 Å². The van der Waals surface area contributed by atoms with Crippen LogP contribution in [-0.2, 0) is 5.41 Å². The normalized spacial score (nSPS) is 10.8. The van der Waals surface area contributed by atoms with E-state index in [1.165, 1.54) is 0 Å². The van der Waals surface area contributed by atoms with Gasteiger partial charge in [-0.15, -0.1) is 0 Å². The van der Waals surface area contributed by atoms with Crippen molar-refractivity contribution in [1.82, 2.24) is 4.98 Å². The van der Waals surface area contributed by atoms with Gasteiger partial charge in [0.05, 0.1) is 11.5 Å². The van der Waals surface area contributed by atoms with Gasteiger partial charge in [-0.05, 0) is 31.5 Å². The first kappa shape index (κ1) is 9.02. The quantitative estimate of drug-likeness (QED) is 0.623. The van der Waals surface area contributed by atoms with E-state index in [-0.39, 0.29) is 0 Å². The van der Waals surface area contributed by atoms with E-state index in [0.29, 0.717) is 5.15 Å². The Bertz CT molecular complexity index is 326. The maximum Gasteiger partial charge on any atom is 0.129 e. The molecule has 62 valence electrons. The number of hydrogen-bond acceptors (Lipinski definition) is 2. The zero-order chi connectivity index (χ0) is 9.19. The van der Waals surface area contributed by atoms with Crippen LogP contribution in [-0.4, -0.2) is 4.98 Å². The minimum absolute atomic E-state index is 0.427. The number of pyridine rings is 1. The Balaban J connectivity index is 3.14. The highest BCUT2D eigenvalue weighted by atomic mass is 35.5. The molecular weight excluding hydrogens is 172 g/mol. The van der Waals surface area contributed by atoms with Gasteiger partial charge in [-0.3, -0.25) is 0 Å². The Labute approximate surface area is 76.8 Å². The number of aromatic nitrogens is 1. The molecule has 0 bridgehead atoms. The largest absolute Gasteiger partial charge is 0.245 e. The van der Waals surface area contributed by atoms with Crippen molar-refractivity contribution < 1.29 is 0 Å². The zero-order valence-corrected chi connectivity index (χ0v) is 7.76. The van der Waals surface area contributed by atoms with Crippen LogP contribution in [0, 0.1) is 11.3 Å². The Morgan fingerprint density at radius 1 is 1.58 bits per heavy atom. The van der Waals surface area contributed by atoms with E-state index in [2.05, 4.69) is 11.1 Å². The van der Waals surface area contributed by atoms with Gasteiger partial charge in [0.1, 0.15) is 5.15 Å². The molecule has 1 aromatic heterocycles. The van der Waals surface area contributed by atoms with E-state index in [4.69, 9.17) is 16.9 Å². The molecule has 0 fully saturated rings. The summed E-state index contributed by atoms with van der Waals surface area (Å²) in [5.41, 5.74) is 0.400. The van der Waals surface area contributed by atoms with Gasteiger partial charge < -0.3 is 0 Å². The highest BCUT2D eigenvalue weighted by molar-refractivity contribution is 6.29. The molecule has 0 amide bonds. The predicted molar refractivity (Wildman–Crippen MR) is 47.9 cm³/mol. The van der Waals surface area contributed by atoms with Gasteiger partial charge in [0.15, 0.2) is 0 Å². The highest BCUT2D eigenvalue weighted by Crippen LogP contribution is 2.22. The number of halogens is 1. The summed E-state index contributed by atoms with van der Waals surface area (Å²) in [6, 6.07) is 5.71. The third-order valence-corrected chi connectivity index (χ3v) is 1.93. The molecule has 3 heteroatoms. The summed E-state index contributed by atoms with van der Waals surface area (Å²) in [4.78, 5) is 3.84. The lowest BCUT2D eigenvalue weighted by Gasteiger charge is -2.14. The number of rotatable bonds is 1. The lowest BCUT2D eigenvalue weighted by molar-refractivity contribution is 0.685. The van der Waals surface area contributed by atoms with Crippen LogP contribution >= 0.6 is 11.6 Å². The predicted octanol–water partition coefficient (Wildman–Crippen LogP) is 2.54. The van der Waals surface area contributed by atoms with Crippen molar-refractivity contribution in [1.29, 1.82) is 5.26 Å². The van der Waals surface area contributed by atoms with Gasteiger partial charge in [0.25, 0.3) is 0 Å². The van der Waals surface area contributed by atoms with E-state index < -0.39 is 5.41 Å². The lowest BCUT2D eigenvalue weighted by Crippen LogP contribution is -2.13. The summed E-state index contributed by atoms with van der Waals surface area (Å²) in [5, 5.41) is 9.25. The van der Waals surface area contributed by atoms with Crippen molar-refractivity contribution in [2.24, 2.45) is 0 Å². The van der Waals surface area contributed by atoms with E-state index in [1.807, 2.05) is 13.8 Å². The minimum atomic E-state index is -0.493. The molecule has 0 spiro atoms.